The molecule has 4 rings (SSSR count). The van der Waals surface area contributed by atoms with E-state index in [4.69, 9.17) is 9.15 Å². The standard InChI is InChI=1S/C24H29NO6S/c1-14-16-10-15-6-9-24(7-4-3-5-8-24)31-19(15)12-20(16)30-23(29)17(14)11-21(26)25-18(13-32-2)22(27)28/h10,12,18H,3-9,11,13H2,1-2H3,(H,25,26)(H,27,28)/t18-/m1/s1. The molecule has 0 saturated heterocycles. The molecular formula is C24H29NO6S. The number of benzene rings is 1. The summed E-state index contributed by atoms with van der Waals surface area (Å²) in [6.45, 7) is 1.80. The van der Waals surface area contributed by atoms with Crippen LogP contribution in [0.4, 0.5) is 0 Å². The van der Waals surface area contributed by atoms with Gasteiger partial charge in [0.15, 0.2) is 0 Å². The lowest BCUT2D eigenvalue weighted by molar-refractivity contribution is -0.141. The molecule has 172 valence electrons. The predicted molar refractivity (Wildman–Crippen MR) is 124 cm³/mol. The Balaban J connectivity index is 1.61. The van der Waals surface area contributed by atoms with E-state index < -0.39 is 23.5 Å². The van der Waals surface area contributed by atoms with Gasteiger partial charge < -0.3 is 19.6 Å². The second kappa shape index (κ2) is 9.17. The van der Waals surface area contributed by atoms with Crippen LogP contribution < -0.4 is 15.7 Å². The predicted octanol–water partition coefficient (Wildman–Crippen LogP) is 3.60. The van der Waals surface area contributed by atoms with Crippen molar-refractivity contribution in [2.75, 3.05) is 12.0 Å². The smallest absolute Gasteiger partial charge is 0.340 e. The number of amides is 1. The Hall–Kier alpha value is -2.48. The number of carboxylic acid groups (broad SMARTS) is 1. The zero-order chi connectivity index (χ0) is 22.9. The number of rotatable bonds is 6. The molecule has 32 heavy (non-hydrogen) atoms. The Morgan fingerprint density at radius 3 is 2.66 bits per heavy atom. The zero-order valence-electron chi connectivity index (χ0n) is 18.5. The fourth-order valence-corrected chi connectivity index (χ4v) is 5.46. The molecule has 2 N–H and O–H groups in total. The number of hydrogen-bond acceptors (Lipinski definition) is 6. The number of aliphatic carboxylic acids is 1. The van der Waals surface area contributed by atoms with E-state index in [1.165, 1.54) is 31.0 Å². The molecule has 1 saturated carbocycles. The molecule has 1 amide bonds. The summed E-state index contributed by atoms with van der Waals surface area (Å²) < 4.78 is 12.0. The highest BCUT2D eigenvalue weighted by molar-refractivity contribution is 7.98. The zero-order valence-corrected chi connectivity index (χ0v) is 19.3. The summed E-state index contributed by atoms with van der Waals surface area (Å²) in [6, 6.07) is 2.83. The molecule has 0 unspecified atom stereocenters. The van der Waals surface area contributed by atoms with Gasteiger partial charge in [-0.3, -0.25) is 4.79 Å². The number of carbonyl (C=O) groups is 2. The van der Waals surface area contributed by atoms with Crippen molar-refractivity contribution in [3.05, 3.63) is 39.2 Å². The van der Waals surface area contributed by atoms with Crippen LogP contribution in [0.3, 0.4) is 0 Å². The molecule has 1 aliphatic heterocycles. The van der Waals surface area contributed by atoms with Gasteiger partial charge in [-0.1, -0.05) is 6.42 Å². The van der Waals surface area contributed by atoms with Crippen LogP contribution in [-0.4, -0.2) is 40.6 Å². The van der Waals surface area contributed by atoms with Gasteiger partial charge in [0.1, 0.15) is 23.0 Å². The van der Waals surface area contributed by atoms with Crippen molar-refractivity contribution >= 4 is 34.6 Å². The molecular weight excluding hydrogens is 430 g/mol. The minimum atomic E-state index is -1.10. The topological polar surface area (TPSA) is 106 Å². The summed E-state index contributed by atoms with van der Waals surface area (Å²) in [6.07, 6.45) is 9.20. The quantitative estimate of drug-likeness (QED) is 0.636. The summed E-state index contributed by atoms with van der Waals surface area (Å²) in [7, 11) is 0. The third-order valence-corrected chi connectivity index (χ3v) is 7.38. The summed E-state index contributed by atoms with van der Waals surface area (Å²) in [5, 5.41) is 12.5. The van der Waals surface area contributed by atoms with Gasteiger partial charge in [-0.25, -0.2) is 9.59 Å². The SMILES string of the molecule is CSC[C@@H](NC(=O)Cc1c(C)c2cc3c(cc2oc1=O)OC1(CCCCC1)CC3)C(=O)O. The Morgan fingerprint density at radius 2 is 1.97 bits per heavy atom. The van der Waals surface area contributed by atoms with E-state index in [9.17, 15) is 19.5 Å². The van der Waals surface area contributed by atoms with Crippen molar-refractivity contribution < 1.29 is 23.8 Å². The highest BCUT2D eigenvalue weighted by Gasteiger charge is 2.37. The lowest BCUT2D eigenvalue weighted by Gasteiger charge is -2.41. The van der Waals surface area contributed by atoms with Gasteiger partial charge in [0.05, 0.1) is 12.0 Å². The Bertz CT molecular complexity index is 1100. The maximum atomic E-state index is 12.7. The third-order valence-electron chi connectivity index (χ3n) is 6.71. The average Bonchev–Trinajstić information content (AvgIpc) is 2.76. The summed E-state index contributed by atoms with van der Waals surface area (Å²) in [5.41, 5.74) is 1.81. The fraction of sp³-hybridized carbons (Fsp3) is 0.542. The Morgan fingerprint density at radius 1 is 1.22 bits per heavy atom. The summed E-state index contributed by atoms with van der Waals surface area (Å²) in [4.78, 5) is 36.5. The molecule has 0 bridgehead atoms. The first-order valence-electron chi connectivity index (χ1n) is 11.1. The molecule has 8 heteroatoms. The van der Waals surface area contributed by atoms with E-state index in [0.29, 0.717) is 11.1 Å². The number of nitrogens with one attached hydrogen (secondary N) is 1. The van der Waals surface area contributed by atoms with E-state index in [2.05, 4.69) is 5.32 Å². The normalized spacial score (nSPS) is 18.1. The first kappa shape index (κ1) is 22.7. The largest absolute Gasteiger partial charge is 0.487 e. The average molecular weight is 460 g/mol. The number of fused-ring (bicyclic) bond motifs is 2. The second-order valence-corrected chi connectivity index (χ2v) is 9.80. The molecule has 1 spiro atoms. The Kier molecular flexibility index (Phi) is 6.51. The van der Waals surface area contributed by atoms with Crippen LogP contribution in [0.15, 0.2) is 21.3 Å². The first-order valence-corrected chi connectivity index (χ1v) is 12.5. The van der Waals surface area contributed by atoms with Crippen LogP contribution in [0.25, 0.3) is 11.0 Å². The monoisotopic (exact) mass is 459 g/mol. The lowest BCUT2D eigenvalue weighted by Crippen LogP contribution is -2.43. The van der Waals surface area contributed by atoms with E-state index in [-0.39, 0.29) is 23.3 Å². The van der Waals surface area contributed by atoms with Crippen molar-refractivity contribution in [2.45, 2.75) is 69.9 Å². The van der Waals surface area contributed by atoms with Crippen molar-refractivity contribution in [2.24, 2.45) is 0 Å². The van der Waals surface area contributed by atoms with Gasteiger partial charge in [0, 0.05) is 17.2 Å². The van der Waals surface area contributed by atoms with Crippen molar-refractivity contribution in [3.8, 4) is 5.75 Å². The van der Waals surface area contributed by atoms with Crippen LogP contribution in [0.5, 0.6) is 5.75 Å². The van der Waals surface area contributed by atoms with Gasteiger partial charge in [0.2, 0.25) is 5.91 Å². The van der Waals surface area contributed by atoms with Crippen LogP contribution in [0.2, 0.25) is 0 Å². The van der Waals surface area contributed by atoms with Crippen LogP contribution in [0, 0.1) is 6.92 Å². The van der Waals surface area contributed by atoms with Gasteiger partial charge in [0.25, 0.3) is 0 Å². The molecule has 0 radical (unpaired) electrons. The van der Waals surface area contributed by atoms with Gasteiger partial charge in [-0.05, 0) is 68.9 Å². The molecule has 1 fully saturated rings. The van der Waals surface area contributed by atoms with E-state index in [1.54, 1.807) is 13.2 Å². The molecule has 1 aromatic heterocycles. The van der Waals surface area contributed by atoms with Gasteiger partial charge in [-0.15, -0.1) is 0 Å². The number of carbonyl (C=O) groups excluding carboxylic acids is 1. The van der Waals surface area contributed by atoms with Crippen LogP contribution >= 0.6 is 11.8 Å². The lowest BCUT2D eigenvalue weighted by atomic mass is 9.79. The van der Waals surface area contributed by atoms with Crippen molar-refractivity contribution in [1.29, 1.82) is 0 Å². The molecule has 2 aliphatic rings. The van der Waals surface area contributed by atoms with Crippen molar-refractivity contribution in [1.82, 2.24) is 5.32 Å². The van der Waals surface area contributed by atoms with E-state index >= 15 is 0 Å². The molecule has 2 aromatic rings. The maximum absolute atomic E-state index is 12.7. The second-order valence-electron chi connectivity index (χ2n) is 8.89. The number of ether oxygens (including phenoxy) is 1. The number of carboxylic acids is 1. The number of hydrogen-bond donors (Lipinski definition) is 2. The molecule has 1 aliphatic carbocycles. The van der Waals surface area contributed by atoms with Crippen LogP contribution in [-0.2, 0) is 22.4 Å². The minimum absolute atomic E-state index is 0.0935. The first-order chi connectivity index (χ1) is 15.3. The third kappa shape index (κ3) is 4.51. The molecule has 1 atom stereocenters. The highest BCUT2D eigenvalue weighted by Crippen LogP contribution is 2.43. The van der Waals surface area contributed by atoms with Gasteiger partial charge in [-0.2, -0.15) is 11.8 Å². The van der Waals surface area contributed by atoms with E-state index in [1.807, 2.05) is 12.1 Å². The fourth-order valence-electron chi connectivity index (χ4n) is 4.90. The van der Waals surface area contributed by atoms with Crippen molar-refractivity contribution in [3.63, 3.8) is 0 Å². The molecule has 2 heterocycles. The van der Waals surface area contributed by atoms with Crippen LogP contribution in [0.1, 0.15) is 55.2 Å². The number of aryl methyl sites for hydroxylation is 2. The molecule has 1 aromatic carbocycles. The molecule has 7 nitrogen and oxygen atoms in total. The highest BCUT2D eigenvalue weighted by atomic mass is 32.2. The van der Waals surface area contributed by atoms with Gasteiger partial charge >= 0.3 is 11.6 Å². The minimum Gasteiger partial charge on any atom is -0.487 e. The summed E-state index contributed by atoms with van der Waals surface area (Å²) in [5.74, 6) is -0.570. The number of thioether (sulfide) groups is 1. The summed E-state index contributed by atoms with van der Waals surface area (Å²) >= 11 is 1.33. The Labute approximate surface area is 190 Å². The maximum Gasteiger partial charge on any atom is 0.340 e. The van der Waals surface area contributed by atoms with E-state index in [0.717, 1.165) is 42.4 Å².